The average Bonchev–Trinajstić information content (AvgIpc) is 3.07. The van der Waals surface area contributed by atoms with Crippen LogP contribution in [0.1, 0.15) is 45.7 Å². The quantitative estimate of drug-likeness (QED) is 0.569. The molecule has 2 atom stereocenters. The largest absolute Gasteiger partial charge is 0.444 e. The number of nitrogens with zero attached hydrogens (tertiary/aromatic N) is 2. The van der Waals surface area contributed by atoms with E-state index >= 15 is 0 Å². The smallest absolute Gasteiger partial charge is 0.407 e. The van der Waals surface area contributed by atoms with Gasteiger partial charge in [0.1, 0.15) is 11.4 Å². The Hall–Kier alpha value is -3.03. The van der Waals surface area contributed by atoms with Crippen LogP contribution >= 0.6 is 0 Å². The van der Waals surface area contributed by atoms with Crippen molar-refractivity contribution in [2.75, 3.05) is 18.9 Å². The van der Waals surface area contributed by atoms with Crippen molar-refractivity contribution in [2.45, 2.75) is 59.2 Å². The second-order valence-corrected chi connectivity index (χ2v) is 8.67. The van der Waals surface area contributed by atoms with Crippen molar-refractivity contribution in [2.24, 2.45) is 5.92 Å². The van der Waals surface area contributed by atoms with E-state index in [0.717, 1.165) is 11.4 Å². The molecular formula is C23H35N5O3. The molecular weight excluding hydrogens is 394 g/mol. The van der Waals surface area contributed by atoms with Crippen LogP contribution < -0.4 is 16.0 Å². The molecule has 0 radical (unpaired) electrons. The Balaban J connectivity index is 2.14. The van der Waals surface area contributed by atoms with Gasteiger partial charge in [-0.3, -0.25) is 4.79 Å². The van der Waals surface area contributed by atoms with Crippen molar-refractivity contribution in [3.05, 3.63) is 47.7 Å². The fraction of sp³-hybridized carbons (Fsp3) is 0.522. The van der Waals surface area contributed by atoms with Crippen molar-refractivity contribution in [1.29, 1.82) is 0 Å². The Kier molecular flexibility index (Phi) is 8.47. The first-order valence-corrected chi connectivity index (χ1v) is 10.6. The SMILES string of the molecule is CNC(=O)[C@H](C)C(C)Nc1c(Cc2ccccc2)cnn1CCNC(=O)OC(C)(C)C. The Morgan fingerprint density at radius 3 is 2.45 bits per heavy atom. The highest BCUT2D eigenvalue weighted by atomic mass is 16.6. The van der Waals surface area contributed by atoms with E-state index in [9.17, 15) is 9.59 Å². The van der Waals surface area contributed by atoms with Gasteiger partial charge in [-0.2, -0.15) is 5.10 Å². The molecule has 1 aromatic heterocycles. The van der Waals surface area contributed by atoms with E-state index in [1.165, 1.54) is 5.56 Å². The Morgan fingerprint density at radius 1 is 1.16 bits per heavy atom. The Labute approximate surface area is 184 Å². The minimum absolute atomic E-state index is 0.0257. The summed E-state index contributed by atoms with van der Waals surface area (Å²) in [6, 6.07) is 10.0. The Morgan fingerprint density at radius 2 is 1.84 bits per heavy atom. The number of aromatic nitrogens is 2. The van der Waals surface area contributed by atoms with Gasteiger partial charge in [-0.1, -0.05) is 37.3 Å². The average molecular weight is 430 g/mol. The lowest BCUT2D eigenvalue weighted by atomic mass is 10.0. The topological polar surface area (TPSA) is 97.3 Å². The first-order valence-electron chi connectivity index (χ1n) is 10.6. The van der Waals surface area contributed by atoms with E-state index in [1.807, 2.05) is 63.7 Å². The van der Waals surface area contributed by atoms with Gasteiger partial charge >= 0.3 is 6.09 Å². The van der Waals surface area contributed by atoms with Gasteiger partial charge in [-0.15, -0.1) is 0 Å². The minimum atomic E-state index is -0.545. The number of alkyl carbamates (subject to hydrolysis) is 1. The summed E-state index contributed by atoms with van der Waals surface area (Å²) in [4.78, 5) is 24.0. The zero-order valence-corrected chi connectivity index (χ0v) is 19.4. The molecule has 8 nitrogen and oxygen atoms in total. The van der Waals surface area contributed by atoms with Gasteiger partial charge in [0.15, 0.2) is 0 Å². The van der Waals surface area contributed by atoms with Crippen LogP contribution in [-0.2, 0) is 22.5 Å². The summed E-state index contributed by atoms with van der Waals surface area (Å²) in [5.41, 5.74) is 1.65. The highest BCUT2D eigenvalue weighted by molar-refractivity contribution is 5.79. The molecule has 1 heterocycles. The molecule has 0 bridgehead atoms. The number of benzene rings is 1. The summed E-state index contributed by atoms with van der Waals surface area (Å²) in [6.45, 7) is 10.2. The zero-order valence-electron chi connectivity index (χ0n) is 19.4. The molecule has 2 amide bonds. The fourth-order valence-electron chi connectivity index (χ4n) is 3.08. The summed E-state index contributed by atoms with van der Waals surface area (Å²) < 4.78 is 7.11. The van der Waals surface area contributed by atoms with Gasteiger partial charge in [0.25, 0.3) is 0 Å². The molecule has 0 fully saturated rings. The first kappa shape index (κ1) is 24.2. The molecule has 0 aliphatic heterocycles. The number of nitrogens with one attached hydrogen (secondary N) is 3. The monoisotopic (exact) mass is 429 g/mol. The molecule has 0 spiro atoms. The summed E-state index contributed by atoms with van der Waals surface area (Å²) in [5.74, 6) is 0.596. The molecule has 0 aliphatic carbocycles. The van der Waals surface area contributed by atoms with E-state index in [4.69, 9.17) is 4.74 Å². The molecule has 0 saturated heterocycles. The van der Waals surface area contributed by atoms with Crippen LogP contribution in [0.3, 0.4) is 0 Å². The second-order valence-electron chi connectivity index (χ2n) is 8.67. The Bertz CT molecular complexity index is 858. The van der Waals surface area contributed by atoms with E-state index in [2.05, 4.69) is 33.2 Å². The van der Waals surface area contributed by atoms with Gasteiger partial charge in [-0.25, -0.2) is 9.48 Å². The summed E-state index contributed by atoms with van der Waals surface area (Å²) in [5, 5.41) is 13.4. The van der Waals surface area contributed by atoms with Gasteiger partial charge in [-0.05, 0) is 33.3 Å². The number of ether oxygens (including phenoxy) is 1. The maximum Gasteiger partial charge on any atom is 0.407 e. The molecule has 2 rings (SSSR count). The van der Waals surface area contributed by atoms with Crippen LogP contribution in [0.4, 0.5) is 10.6 Å². The van der Waals surface area contributed by atoms with Crippen LogP contribution in [0.5, 0.6) is 0 Å². The minimum Gasteiger partial charge on any atom is -0.444 e. The van der Waals surface area contributed by atoms with Gasteiger partial charge in [0.2, 0.25) is 5.91 Å². The lowest BCUT2D eigenvalue weighted by Gasteiger charge is -2.23. The summed E-state index contributed by atoms with van der Waals surface area (Å²) in [6.07, 6.45) is 2.09. The number of carbonyl (C=O) groups excluding carboxylic acids is 2. The molecule has 1 aromatic carbocycles. The normalized spacial score (nSPS) is 13.2. The predicted molar refractivity (Wildman–Crippen MR) is 122 cm³/mol. The van der Waals surface area contributed by atoms with E-state index < -0.39 is 11.7 Å². The fourth-order valence-corrected chi connectivity index (χ4v) is 3.08. The highest BCUT2D eigenvalue weighted by Crippen LogP contribution is 2.22. The zero-order chi connectivity index (χ0) is 23.0. The number of carbonyl (C=O) groups is 2. The molecule has 0 aliphatic rings. The van der Waals surface area contributed by atoms with E-state index in [0.29, 0.717) is 19.5 Å². The van der Waals surface area contributed by atoms with Crippen molar-refractivity contribution in [3.63, 3.8) is 0 Å². The van der Waals surface area contributed by atoms with Crippen LogP contribution in [-0.4, -0.2) is 47.0 Å². The van der Waals surface area contributed by atoms with Crippen molar-refractivity contribution in [1.82, 2.24) is 20.4 Å². The molecule has 170 valence electrons. The molecule has 0 saturated carbocycles. The molecule has 8 heteroatoms. The third-order valence-electron chi connectivity index (χ3n) is 4.92. The third kappa shape index (κ3) is 7.62. The van der Waals surface area contributed by atoms with E-state index in [1.54, 1.807) is 7.05 Å². The van der Waals surface area contributed by atoms with Crippen molar-refractivity contribution < 1.29 is 14.3 Å². The van der Waals surface area contributed by atoms with Gasteiger partial charge < -0.3 is 20.7 Å². The van der Waals surface area contributed by atoms with Crippen LogP contribution in [0.2, 0.25) is 0 Å². The highest BCUT2D eigenvalue weighted by Gasteiger charge is 2.22. The van der Waals surface area contributed by atoms with Crippen LogP contribution in [0, 0.1) is 5.92 Å². The summed E-state index contributed by atoms with van der Waals surface area (Å²) >= 11 is 0. The van der Waals surface area contributed by atoms with Gasteiger partial charge in [0.05, 0.1) is 18.7 Å². The number of anilines is 1. The number of hydrogen-bond donors (Lipinski definition) is 3. The lowest BCUT2D eigenvalue weighted by Crippen LogP contribution is -2.37. The van der Waals surface area contributed by atoms with Crippen LogP contribution in [0.15, 0.2) is 36.5 Å². The second kappa shape index (κ2) is 10.8. The standard InChI is InChI=1S/C23H35N5O3/c1-16(21(29)24-6)17(2)27-20-19(14-18-10-8-7-9-11-18)15-26-28(20)13-12-25-22(30)31-23(3,4)5/h7-11,15-17,27H,12-14H2,1-6H3,(H,24,29)(H,25,30)/t16-,17?/m1/s1. The first-order chi connectivity index (χ1) is 14.6. The molecule has 31 heavy (non-hydrogen) atoms. The maximum absolute atomic E-state index is 12.1. The summed E-state index contributed by atoms with van der Waals surface area (Å²) in [7, 11) is 1.64. The maximum atomic E-state index is 12.1. The lowest BCUT2D eigenvalue weighted by molar-refractivity contribution is -0.124. The molecule has 2 aromatic rings. The van der Waals surface area contributed by atoms with Crippen molar-refractivity contribution in [3.8, 4) is 0 Å². The molecule has 3 N–H and O–H groups in total. The number of hydrogen-bond acceptors (Lipinski definition) is 5. The van der Waals surface area contributed by atoms with E-state index in [-0.39, 0.29) is 17.9 Å². The van der Waals surface area contributed by atoms with Crippen LogP contribution in [0.25, 0.3) is 0 Å². The third-order valence-corrected chi connectivity index (χ3v) is 4.92. The van der Waals surface area contributed by atoms with Gasteiger partial charge in [0, 0.05) is 31.6 Å². The number of amides is 2. The predicted octanol–water partition coefficient (Wildman–Crippen LogP) is 3.18. The number of rotatable bonds is 9. The van der Waals surface area contributed by atoms with Crippen molar-refractivity contribution >= 4 is 17.8 Å². The molecule has 1 unspecified atom stereocenters.